The highest BCUT2D eigenvalue weighted by molar-refractivity contribution is 9.10. The summed E-state index contributed by atoms with van der Waals surface area (Å²) in [7, 11) is 0. The number of hydrogen-bond acceptors (Lipinski definition) is 2. The number of phenols is 1. The van der Waals surface area contributed by atoms with Gasteiger partial charge >= 0.3 is 0 Å². The molecule has 2 nitrogen and oxygen atoms in total. The van der Waals surface area contributed by atoms with Crippen LogP contribution in [-0.4, -0.2) is 11.7 Å². The lowest BCUT2D eigenvalue weighted by atomic mass is 10.1. The number of phenolic OH excluding ortho intramolecular Hbond substituents is 1. The minimum atomic E-state index is -0.553. The van der Waals surface area contributed by atoms with Crippen molar-refractivity contribution in [1.82, 2.24) is 5.32 Å². The third kappa shape index (κ3) is 4.28. The predicted molar refractivity (Wildman–Crippen MR) is 77.6 cm³/mol. The van der Waals surface area contributed by atoms with Gasteiger partial charge < -0.3 is 10.4 Å². The van der Waals surface area contributed by atoms with Crippen LogP contribution >= 0.6 is 15.9 Å². The molecule has 0 spiro atoms. The number of halogens is 3. The third-order valence-electron chi connectivity index (χ3n) is 2.85. The predicted octanol–water partition coefficient (Wildman–Crippen LogP) is 3.77. The van der Waals surface area contributed by atoms with E-state index in [9.17, 15) is 13.9 Å². The van der Waals surface area contributed by atoms with Gasteiger partial charge in [0.15, 0.2) is 0 Å². The van der Waals surface area contributed by atoms with E-state index in [0.717, 1.165) is 11.6 Å². The Bertz CT molecular complexity index is 584. The van der Waals surface area contributed by atoms with Crippen LogP contribution in [0.15, 0.2) is 40.9 Å². The molecular weight excluding hydrogens is 328 g/mol. The monoisotopic (exact) mass is 341 g/mol. The molecule has 0 aliphatic heterocycles. The Kier molecular flexibility index (Phi) is 5.09. The Morgan fingerprint density at radius 3 is 2.35 bits per heavy atom. The van der Waals surface area contributed by atoms with Gasteiger partial charge in [-0.1, -0.05) is 6.07 Å². The molecule has 0 atom stereocenters. The van der Waals surface area contributed by atoms with Crippen LogP contribution in [0.5, 0.6) is 5.75 Å². The molecule has 0 aliphatic rings. The fraction of sp³-hybridized carbons (Fsp3) is 0.200. The van der Waals surface area contributed by atoms with Crippen LogP contribution in [0.1, 0.15) is 11.1 Å². The molecule has 0 aromatic heterocycles. The molecule has 5 heteroatoms. The third-order valence-corrected chi connectivity index (χ3v) is 3.49. The van der Waals surface area contributed by atoms with Crippen LogP contribution in [0.2, 0.25) is 0 Å². The van der Waals surface area contributed by atoms with Crippen molar-refractivity contribution in [2.24, 2.45) is 0 Å². The molecule has 20 heavy (non-hydrogen) atoms. The summed E-state index contributed by atoms with van der Waals surface area (Å²) in [6.45, 7) is 1.23. The Morgan fingerprint density at radius 1 is 1.00 bits per heavy atom. The minimum absolute atomic E-state index is 0.198. The Hall–Kier alpha value is -1.46. The molecule has 0 aliphatic carbocycles. The fourth-order valence-corrected chi connectivity index (χ4v) is 2.31. The standard InChI is InChI=1S/C15H14BrF2NO/c16-14-7-11(1-2-15(14)20)9-19-4-3-10-5-12(17)8-13(18)6-10/h1-2,5-8,19-20H,3-4,9H2. The van der Waals surface area contributed by atoms with E-state index in [-0.39, 0.29) is 5.75 Å². The lowest BCUT2D eigenvalue weighted by Crippen LogP contribution is -2.16. The summed E-state index contributed by atoms with van der Waals surface area (Å²) < 4.78 is 26.6. The zero-order valence-electron chi connectivity index (χ0n) is 10.7. The van der Waals surface area contributed by atoms with Crippen molar-refractivity contribution >= 4 is 15.9 Å². The molecule has 0 fully saturated rings. The normalized spacial score (nSPS) is 10.8. The highest BCUT2D eigenvalue weighted by Crippen LogP contribution is 2.24. The lowest BCUT2D eigenvalue weighted by Gasteiger charge is -2.07. The Morgan fingerprint density at radius 2 is 1.70 bits per heavy atom. The highest BCUT2D eigenvalue weighted by Gasteiger charge is 2.02. The van der Waals surface area contributed by atoms with Crippen LogP contribution < -0.4 is 5.32 Å². The largest absolute Gasteiger partial charge is 0.507 e. The molecule has 0 radical (unpaired) electrons. The van der Waals surface area contributed by atoms with Crippen molar-refractivity contribution in [3.63, 3.8) is 0 Å². The quantitative estimate of drug-likeness (QED) is 0.811. The first-order valence-corrected chi connectivity index (χ1v) is 6.97. The fourth-order valence-electron chi connectivity index (χ4n) is 1.88. The first-order valence-electron chi connectivity index (χ1n) is 6.17. The van der Waals surface area contributed by atoms with E-state index in [1.165, 1.54) is 12.1 Å². The van der Waals surface area contributed by atoms with E-state index in [1.54, 1.807) is 6.07 Å². The van der Waals surface area contributed by atoms with Gasteiger partial charge in [-0.25, -0.2) is 8.78 Å². The highest BCUT2D eigenvalue weighted by atomic mass is 79.9. The maximum atomic E-state index is 13.0. The second-order valence-corrected chi connectivity index (χ2v) is 5.34. The number of rotatable bonds is 5. The molecule has 2 aromatic carbocycles. The van der Waals surface area contributed by atoms with E-state index in [1.807, 2.05) is 12.1 Å². The number of benzene rings is 2. The van der Waals surface area contributed by atoms with E-state index in [2.05, 4.69) is 21.2 Å². The van der Waals surface area contributed by atoms with Gasteiger partial charge in [0, 0.05) is 12.6 Å². The second-order valence-electron chi connectivity index (χ2n) is 4.49. The SMILES string of the molecule is Oc1ccc(CNCCc2cc(F)cc(F)c2)cc1Br. The van der Waals surface area contributed by atoms with Crippen molar-refractivity contribution in [3.8, 4) is 5.75 Å². The van der Waals surface area contributed by atoms with E-state index >= 15 is 0 Å². The molecule has 2 rings (SSSR count). The summed E-state index contributed by atoms with van der Waals surface area (Å²) in [6, 6.07) is 8.79. The summed E-state index contributed by atoms with van der Waals surface area (Å²) in [5.41, 5.74) is 1.64. The molecule has 0 heterocycles. The van der Waals surface area contributed by atoms with Gasteiger partial charge in [0.2, 0.25) is 0 Å². The molecule has 2 aromatic rings. The van der Waals surface area contributed by atoms with E-state index < -0.39 is 11.6 Å². The summed E-state index contributed by atoms with van der Waals surface area (Å²) >= 11 is 3.25. The molecular formula is C15H14BrF2NO. The first kappa shape index (κ1) is 14.9. The van der Waals surface area contributed by atoms with Crippen molar-refractivity contribution < 1.29 is 13.9 Å². The minimum Gasteiger partial charge on any atom is -0.507 e. The number of aromatic hydroxyl groups is 1. The van der Waals surface area contributed by atoms with Crippen molar-refractivity contribution in [2.75, 3.05) is 6.54 Å². The molecule has 0 saturated heterocycles. The maximum Gasteiger partial charge on any atom is 0.129 e. The van der Waals surface area contributed by atoms with Gasteiger partial charge in [-0.3, -0.25) is 0 Å². The molecule has 0 unspecified atom stereocenters. The van der Waals surface area contributed by atoms with Crippen molar-refractivity contribution in [3.05, 3.63) is 63.6 Å². The first-order chi connectivity index (χ1) is 9.54. The Balaban J connectivity index is 1.82. The second kappa shape index (κ2) is 6.81. The number of hydrogen-bond donors (Lipinski definition) is 2. The van der Waals surface area contributed by atoms with Gasteiger partial charge in [0.05, 0.1) is 4.47 Å². The van der Waals surface area contributed by atoms with Crippen LogP contribution in [0.25, 0.3) is 0 Å². The van der Waals surface area contributed by atoms with E-state index in [4.69, 9.17) is 0 Å². The molecule has 2 N–H and O–H groups in total. The molecule has 0 saturated carbocycles. The zero-order chi connectivity index (χ0) is 14.5. The summed E-state index contributed by atoms with van der Waals surface area (Å²) in [6.07, 6.45) is 0.550. The lowest BCUT2D eigenvalue weighted by molar-refractivity contribution is 0.471. The molecule has 0 amide bonds. The van der Waals surface area contributed by atoms with Gasteiger partial charge in [0.25, 0.3) is 0 Å². The topological polar surface area (TPSA) is 32.3 Å². The molecule has 106 valence electrons. The summed E-state index contributed by atoms with van der Waals surface area (Å²) in [4.78, 5) is 0. The van der Waals surface area contributed by atoms with Crippen LogP contribution in [0, 0.1) is 11.6 Å². The Labute approximate surface area is 124 Å². The van der Waals surface area contributed by atoms with E-state index in [0.29, 0.717) is 29.5 Å². The number of nitrogens with one attached hydrogen (secondary N) is 1. The van der Waals surface area contributed by atoms with Crippen LogP contribution in [0.4, 0.5) is 8.78 Å². The van der Waals surface area contributed by atoms with Crippen LogP contribution in [-0.2, 0) is 13.0 Å². The summed E-state index contributed by atoms with van der Waals surface area (Å²) in [5, 5.41) is 12.6. The average Bonchev–Trinajstić information content (AvgIpc) is 2.38. The maximum absolute atomic E-state index is 13.0. The smallest absolute Gasteiger partial charge is 0.129 e. The van der Waals surface area contributed by atoms with Gasteiger partial charge in [-0.2, -0.15) is 0 Å². The van der Waals surface area contributed by atoms with Crippen molar-refractivity contribution in [2.45, 2.75) is 13.0 Å². The molecule has 0 bridgehead atoms. The summed E-state index contributed by atoms with van der Waals surface area (Å²) in [5.74, 6) is -0.908. The van der Waals surface area contributed by atoms with Gasteiger partial charge in [0.1, 0.15) is 17.4 Å². The van der Waals surface area contributed by atoms with Crippen molar-refractivity contribution in [1.29, 1.82) is 0 Å². The average molecular weight is 342 g/mol. The van der Waals surface area contributed by atoms with Crippen LogP contribution in [0.3, 0.4) is 0 Å². The van der Waals surface area contributed by atoms with Gasteiger partial charge in [-0.15, -0.1) is 0 Å². The van der Waals surface area contributed by atoms with Gasteiger partial charge in [-0.05, 0) is 64.3 Å². The zero-order valence-corrected chi connectivity index (χ0v) is 12.3.